The zero-order chi connectivity index (χ0) is 28.3. The molecule has 2 heterocycles. The van der Waals surface area contributed by atoms with E-state index in [4.69, 9.17) is 19.9 Å². The summed E-state index contributed by atoms with van der Waals surface area (Å²) in [5, 5.41) is 0. The first kappa shape index (κ1) is 32.6. The number of hydrogen-bond acceptors (Lipinski definition) is 9. The molecule has 0 aromatic carbocycles. The number of esters is 2. The Morgan fingerprint density at radius 1 is 0.949 bits per heavy atom. The lowest BCUT2D eigenvalue weighted by Gasteiger charge is -2.21. The van der Waals surface area contributed by atoms with Crippen molar-refractivity contribution in [2.75, 3.05) is 13.2 Å². The van der Waals surface area contributed by atoms with Crippen molar-refractivity contribution in [2.45, 2.75) is 123 Å². The molecule has 0 spiro atoms. The summed E-state index contributed by atoms with van der Waals surface area (Å²) in [5.41, 5.74) is 7.21. The summed E-state index contributed by atoms with van der Waals surface area (Å²) in [7, 11) is 0. The molecule has 1 unspecified atom stereocenters. The van der Waals surface area contributed by atoms with Gasteiger partial charge in [-0.1, -0.05) is 91.4 Å². The normalized spacial score (nSPS) is 13.7. The summed E-state index contributed by atoms with van der Waals surface area (Å²) in [6.07, 6.45) is 17.0. The van der Waals surface area contributed by atoms with E-state index in [0.29, 0.717) is 23.4 Å². The van der Waals surface area contributed by atoms with Gasteiger partial charge < -0.3 is 24.9 Å². The second kappa shape index (κ2) is 19.5. The summed E-state index contributed by atoms with van der Waals surface area (Å²) in [6, 6.07) is -0.715. The van der Waals surface area contributed by atoms with E-state index in [0.717, 1.165) is 25.7 Å². The van der Waals surface area contributed by atoms with E-state index in [2.05, 4.69) is 26.9 Å². The maximum absolute atomic E-state index is 12.4. The summed E-state index contributed by atoms with van der Waals surface area (Å²) < 4.78 is 16.8. The van der Waals surface area contributed by atoms with Crippen LogP contribution in [0, 0.1) is 5.92 Å². The van der Waals surface area contributed by atoms with Crippen molar-refractivity contribution in [1.82, 2.24) is 19.9 Å². The van der Waals surface area contributed by atoms with E-state index in [1.54, 1.807) is 6.20 Å². The summed E-state index contributed by atoms with van der Waals surface area (Å²) in [6.45, 7) is 6.12. The Kier molecular flexibility index (Phi) is 16.3. The van der Waals surface area contributed by atoms with Crippen LogP contribution in [-0.2, 0) is 30.4 Å². The molecule has 0 aliphatic heterocycles. The Hall–Kier alpha value is -2.59. The van der Waals surface area contributed by atoms with Crippen LogP contribution in [0.15, 0.2) is 12.5 Å². The van der Waals surface area contributed by atoms with E-state index < -0.39 is 18.1 Å². The number of carbonyl (C=O) groups excluding carboxylic acids is 2. The maximum Gasteiger partial charge on any atom is 0.323 e. The van der Waals surface area contributed by atoms with Crippen molar-refractivity contribution in [2.24, 2.45) is 11.7 Å². The Morgan fingerprint density at radius 3 is 2.23 bits per heavy atom. The summed E-state index contributed by atoms with van der Waals surface area (Å²) in [4.78, 5) is 40.2. The molecular weight excluding hydrogens is 498 g/mol. The van der Waals surface area contributed by atoms with Gasteiger partial charge in [0.1, 0.15) is 49.6 Å². The molecule has 10 heteroatoms. The number of H-pyrrole nitrogens is 1. The zero-order valence-electron chi connectivity index (χ0n) is 24.2. The maximum atomic E-state index is 12.4. The van der Waals surface area contributed by atoms with Gasteiger partial charge in [0.2, 0.25) is 0 Å². The fourth-order valence-electron chi connectivity index (χ4n) is 4.17. The van der Waals surface area contributed by atoms with Gasteiger partial charge in [-0.05, 0) is 12.3 Å². The van der Waals surface area contributed by atoms with Crippen LogP contribution in [0.1, 0.15) is 110 Å². The van der Waals surface area contributed by atoms with E-state index in [-0.39, 0.29) is 31.7 Å². The van der Waals surface area contributed by atoms with Crippen LogP contribution in [0.5, 0.6) is 0 Å². The van der Waals surface area contributed by atoms with Crippen molar-refractivity contribution < 1.29 is 23.8 Å². The van der Waals surface area contributed by atoms with Gasteiger partial charge in [0.25, 0.3) is 0 Å². The number of aromatic nitrogens is 4. The van der Waals surface area contributed by atoms with Crippen molar-refractivity contribution >= 4 is 23.1 Å². The van der Waals surface area contributed by atoms with E-state index >= 15 is 0 Å². The standard InChI is InChI=1S/C29H49N5O5/c1-4-6-7-8-9-10-11-12-13-14-15-16-26(35)38-18-23(19-39-29(36)27(30)22(3)5-2)37-20-25-33-24-17-31-21-32-28(24)34-25/h17,21-23,27H,4-16,18-20,30H2,1-3H3,(H,31,32,33,34)/t22-,23?,27-/m0/s1. The third kappa shape index (κ3) is 13.4. The molecule has 220 valence electrons. The Morgan fingerprint density at radius 2 is 1.59 bits per heavy atom. The van der Waals surface area contributed by atoms with Crippen LogP contribution in [0.2, 0.25) is 0 Å². The van der Waals surface area contributed by atoms with Gasteiger partial charge in [-0.15, -0.1) is 0 Å². The molecule has 3 N–H and O–H groups in total. The molecule has 0 aliphatic rings. The Labute approximate surface area is 233 Å². The summed E-state index contributed by atoms with van der Waals surface area (Å²) >= 11 is 0. The molecule has 2 aromatic rings. The van der Waals surface area contributed by atoms with Gasteiger partial charge in [-0.3, -0.25) is 9.59 Å². The van der Waals surface area contributed by atoms with Crippen LogP contribution < -0.4 is 5.73 Å². The predicted molar refractivity (Wildman–Crippen MR) is 151 cm³/mol. The number of ether oxygens (including phenoxy) is 3. The smallest absolute Gasteiger partial charge is 0.323 e. The molecular formula is C29H49N5O5. The first-order chi connectivity index (χ1) is 18.9. The van der Waals surface area contributed by atoms with Gasteiger partial charge in [-0.2, -0.15) is 0 Å². The van der Waals surface area contributed by atoms with Crippen molar-refractivity contribution in [3.05, 3.63) is 18.3 Å². The van der Waals surface area contributed by atoms with Crippen LogP contribution in [-0.4, -0.2) is 57.2 Å². The molecule has 3 atom stereocenters. The molecule has 0 amide bonds. The molecule has 0 fully saturated rings. The molecule has 0 aliphatic carbocycles. The molecule has 0 bridgehead atoms. The highest BCUT2D eigenvalue weighted by Crippen LogP contribution is 2.13. The number of nitrogens with two attached hydrogens (primary N) is 1. The monoisotopic (exact) mass is 547 g/mol. The van der Waals surface area contributed by atoms with E-state index in [9.17, 15) is 9.59 Å². The minimum absolute atomic E-state index is 0.00264. The molecule has 10 nitrogen and oxygen atoms in total. The largest absolute Gasteiger partial charge is 0.463 e. The molecule has 39 heavy (non-hydrogen) atoms. The number of aromatic amines is 1. The number of unbranched alkanes of at least 4 members (excludes halogenated alkanes) is 10. The first-order valence-electron chi connectivity index (χ1n) is 14.8. The molecule has 0 saturated carbocycles. The van der Waals surface area contributed by atoms with Crippen molar-refractivity contribution in [3.63, 3.8) is 0 Å². The first-order valence-corrected chi connectivity index (χ1v) is 14.8. The highest BCUT2D eigenvalue weighted by Gasteiger charge is 2.23. The highest BCUT2D eigenvalue weighted by atomic mass is 16.6. The van der Waals surface area contributed by atoms with Crippen LogP contribution in [0.25, 0.3) is 11.2 Å². The van der Waals surface area contributed by atoms with Gasteiger partial charge in [0.15, 0.2) is 5.65 Å². The van der Waals surface area contributed by atoms with Gasteiger partial charge in [0, 0.05) is 6.42 Å². The van der Waals surface area contributed by atoms with Crippen LogP contribution in [0.4, 0.5) is 0 Å². The summed E-state index contributed by atoms with van der Waals surface area (Å²) in [5.74, 6) is -0.229. The Bertz CT molecular complexity index is 920. The minimum Gasteiger partial charge on any atom is -0.463 e. The number of nitrogens with one attached hydrogen (secondary N) is 1. The number of fused-ring (bicyclic) bond motifs is 1. The number of nitrogens with zero attached hydrogens (tertiary/aromatic N) is 3. The minimum atomic E-state index is -0.715. The quantitative estimate of drug-likeness (QED) is 0.146. The number of imidazole rings is 1. The molecule has 2 rings (SSSR count). The second-order valence-electron chi connectivity index (χ2n) is 10.4. The van der Waals surface area contributed by atoms with Crippen LogP contribution in [0.3, 0.4) is 0 Å². The second-order valence-corrected chi connectivity index (χ2v) is 10.4. The molecule has 0 saturated heterocycles. The third-order valence-corrected chi connectivity index (χ3v) is 7.02. The highest BCUT2D eigenvalue weighted by molar-refractivity contribution is 5.75. The predicted octanol–water partition coefficient (Wildman–Crippen LogP) is 5.40. The van der Waals surface area contributed by atoms with E-state index in [1.807, 2.05) is 13.8 Å². The van der Waals surface area contributed by atoms with E-state index in [1.165, 1.54) is 57.7 Å². The number of carbonyl (C=O) groups is 2. The van der Waals surface area contributed by atoms with Gasteiger partial charge in [0.05, 0.1) is 6.20 Å². The third-order valence-electron chi connectivity index (χ3n) is 7.02. The van der Waals surface area contributed by atoms with Gasteiger partial charge in [-0.25, -0.2) is 15.0 Å². The van der Waals surface area contributed by atoms with Crippen molar-refractivity contribution in [3.8, 4) is 0 Å². The number of rotatable bonds is 22. The molecule has 0 radical (unpaired) electrons. The average Bonchev–Trinajstić information content (AvgIpc) is 3.37. The zero-order valence-corrected chi connectivity index (χ0v) is 24.2. The van der Waals surface area contributed by atoms with Crippen LogP contribution >= 0.6 is 0 Å². The Balaban J connectivity index is 1.71. The lowest BCUT2D eigenvalue weighted by Crippen LogP contribution is -2.40. The average molecular weight is 548 g/mol. The topological polar surface area (TPSA) is 142 Å². The fraction of sp³-hybridized carbons (Fsp3) is 0.759. The van der Waals surface area contributed by atoms with Gasteiger partial charge >= 0.3 is 11.9 Å². The lowest BCUT2D eigenvalue weighted by molar-refractivity contribution is -0.157. The number of hydrogen-bond donors (Lipinski definition) is 2. The fourth-order valence-corrected chi connectivity index (χ4v) is 4.17. The van der Waals surface area contributed by atoms with Crippen molar-refractivity contribution in [1.29, 1.82) is 0 Å². The SMILES string of the molecule is CCCCCCCCCCCCCC(=O)OCC(COC(=O)[C@@H](N)[C@@H](C)CC)OCc1nc2ncncc2[nH]1. The lowest BCUT2D eigenvalue weighted by atomic mass is 10.0. The molecule has 2 aromatic heterocycles.